The summed E-state index contributed by atoms with van der Waals surface area (Å²) in [6.07, 6.45) is 5.01. The van der Waals surface area contributed by atoms with Crippen LogP contribution in [-0.2, 0) is 4.79 Å². The van der Waals surface area contributed by atoms with Crippen LogP contribution in [-0.4, -0.2) is 15.9 Å². The molecule has 1 aliphatic carbocycles. The number of rotatable bonds is 3. The average Bonchev–Trinajstić information content (AvgIpc) is 2.99. The van der Waals surface area contributed by atoms with Crippen LogP contribution < -0.4 is 5.32 Å². The third-order valence-electron chi connectivity index (χ3n) is 3.96. The quantitative estimate of drug-likeness (QED) is 0.598. The van der Waals surface area contributed by atoms with Crippen LogP contribution in [0.2, 0.25) is 5.02 Å². The molecule has 0 aliphatic heterocycles. The zero-order chi connectivity index (χ0) is 18.1. The molecule has 0 atom stereocenters. The third kappa shape index (κ3) is 3.14. The molecular formula is C20H13ClN2O2S. The van der Waals surface area contributed by atoms with Crippen molar-refractivity contribution in [2.75, 3.05) is 5.32 Å². The van der Waals surface area contributed by atoms with Gasteiger partial charge in [0.1, 0.15) is 0 Å². The Morgan fingerprint density at radius 3 is 2.69 bits per heavy atom. The van der Waals surface area contributed by atoms with Gasteiger partial charge in [0.15, 0.2) is 10.9 Å². The lowest BCUT2D eigenvalue weighted by molar-refractivity contribution is -0.109. The second kappa shape index (κ2) is 6.78. The molecule has 0 saturated carbocycles. The molecule has 1 aromatic heterocycles. The number of fused-ring (bicyclic) bond motifs is 1. The third-order valence-corrected chi connectivity index (χ3v) is 5.19. The molecule has 1 heterocycles. The summed E-state index contributed by atoms with van der Waals surface area (Å²) < 4.78 is 0. The molecule has 4 nitrogen and oxygen atoms in total. The highest BCUT2D eigenvalue weighted by molar-refractivity contribution is 7.16. The number of aromatic nitrogens is 1. The molecule has 0 bridgehead atoms. The Morgan fingerprint density at radius 1 is 1.08 bits per heavy atom. The first-order valence-corrected chi connectivity index (χ1v) is 9.06. The number of ketones is 1. The molecule has 6 heteroatoms. The van der Waals surface area contributed by atoms with Gasteiger partial charge in [0.25, 0.3) is 0 Å². The Balaban J connectivity index is 1.70. The van der Waals surface area contributed by atoms with Gasteiger partial charge in [0, 0.05) is 5.57 Å². The molecule has 2 N–H and O–H groups in total. The molecule has 0 radical (unpaired) electrons. The van der Waals surface area contributed by atoms with Crippen molar-refractivity contribution < 1.29 is 9.90 Å². The van der Waals surface area contributed by atoms with Gasteiger partial charge in [-0.3, -0.25) is 4.79 Å². The summed E-state index contributed by atoms with van der Waals surface area (Å²) in [6.45, 7) is 0. The number of hydrogen-bond acceptors (Lipinski definition) is 5. The van der Waals surface area contributed by atoms with Crippen LogP contribution >= 0.6 is 22.9 Å². The first kappa shape index (κ1) is 16.6. The molecule has 0 unspecified atom stereocenters. The largest absolute Gasteiger partial charge is 0.492 e. The van der Waals surface area contributed by atoms with E-state index in [1.807, 2.05) is 42.5 Å². The van der Waals surface area contributed by atoms with E-state index in [2.05, 4.69) is 10.3 Å². The smallest absolute Gasteiger partial charge is 0.231 e. The van der Waals surface area contributed by atoms with Crippen molar-refractivity contribution in [1.29, 1.82) is 0 Å². The lowest BCUT2D eigenvalue weighted by atomic mass is 9.91. The van der Waals surface area contributed by atoms with Gasteiger partial charge in [-0.05, 0) is 35.4 Å². The lowest BCUT2D eigenvalue weighted by Crippen LogP contribution is -2.04. The number of aromatic hydroxyl groups is 1. The molecule has 128 valence electrons. The Labute approximate surface area is 159 Å². The summed E-state index contributed by atoms with van der Waals surface area (Å²) >= 11 is 7.39. The van der Waals surface area contributed by atoms with Gasteiger partial charge in [-0.2, -0.15) is 4.98 Å². The van der Waals surface area contributed by atoms with Crippen molar-refractivity contribution >= 4 is 57.3 Å². The number of benzene rings is 2. The van der Waals surface area contributed by atoms with Crippen LogP contribution in [0.3, 0.4) is 0 Å². The SMILES string of the molecule is O=C1C=Cc2ccccc2/C1=C/c1sc(Nc2ccccc2Cl)nc1O. The van der Waals surface area contributed by atoms with Gasteiger partial charge < -0.3 is 10.4 Å². The molecule has 0 spiro atoms. The van der Waals surface area contributed by atoms with Crippen molar-refractivity contribution in [2.45, 2.75) is 0 Å². The van der Waals surface area contributed by atoms with Gasteiger partial charge in [-0.15, -0.1) is 0 Å². The van der Waals surface area contributed by atoms with E-state index in [0.29, 0.717) is 26.3 Å². The zero-order valence-corrected chi connectivity index (χ0v) is 15.0. The van der Waals surface area contributed by atoms with Crippen LogP contribution in [0.25, 0.3) is 17.7 Å². The Hall–Kier alpha value is -2.89. The van der Waals surface area contributed by atoms with Crippen LogP contribution in [0.5, 0.6) is 5.88 Å². The first-order valence-electron chi connectivity index (χ1n) is 7.86. The highest BCUT2D eigenvalue weighted by Crippen LogP contribution is 2.36. The van der Waals surface area contributed by atoms with E-state index >= 15 is 0 Å². The van der Waals surface area contributed by atoms with Gasteiger partial charge >= 0.3 is 0 Å². The molecular weight excluding hydrogens is 368 g/mol. The fourth-order valence-electron chi connectivity index (χ4n) is 2.70. The minimum atomic E-state index is -0.128. The van der Waals surface area contributed by atoms with Crippen molar-refractivity contribution in [1.82, 2.24) is 4.98 Å². The average molecular weight is 381 g/mol. The van der Waals surface area contributed by atoms with Crippen molar-refractivity contribution in [2.24, 2.45) is 0 Å². The molecule has 0 saturated heterocycles. The number of thiazole rings is 1. The Bertz CT molecular complexity index is 1070. The highest BCUT2D eigenvalue weighted by Gasteiger charge is 2.19. The van der Waals surface area contributed by atoms with E-state index in [4.69, 9.17) is 11.6 Å². The van der Waals surface area contributed by atoms with E-state index in [9.17, 15) is 9.90 Å². The Morgan fingerprint density at radius 2 is 1.85 bits per heavy atom. The molecule has 0 amide bonds. The monoisotopic (exact) mass is 380 g/mol. The molecule has 4 rings (SSSR count). The normalized spacial score (nSPS) is 14.5. The van der Waals surface area contributed by atoms with Crippen LogP contribution in [0, 0.1) is 0 Å². The number of carbonyl (C=O) groups excluding carboxylic acids is 1. The zero-order valence-electron chi connectivity index (χ0n) is 13.4. The fourth-order valence-corrected chi connectivity index (χ4v) is 3.70. The first-order chi connectivity index (χ1) is 12.6. The highest BCUT2D eigenvalue weighted by atomic mass is 35.5. The summed E-state index contributed by atoms with van der Waals surface area (Å²) in [5, 5.41) is 14.3. The molecule has 26 heavy (non-hydrogen) atoms. The van der Waals surface area contributed by atoms with Gasteiger partial charge in [0.2, 0.25) is 5.88 Å². The van der Waals surface area contributed by atoms with E-state index in [1.165, 1.54) is 17.4 Å². The van der Waals surface area contributed by atoms with Gasteiger partial charge in [-0.25, -0.2) is 0 Å². The number of halogens is 1. The van der Waals surface area contributed by atoms with Crippen LogP contribution in [0.4, 0.5) is 10.8 Å². The van der Waals surface area contributed by atoms with E-state index in [1.54, 1.807) is 18.2 Å². The summed E-state index contributed by atoms with van der Waals surface area (Å²) in [5.74, 6) is -0.228. The standard InChI is InChI=1S/C20H13ClN2O2S/c21-15-7-3-4-8-16(15)22-20-23-19(25)18(26-20)11-14-13-6-2-1-5-12(13)9-10-17(14)24/h1-11,25H,(H,22,23)/b14-11-. The summed E-state index contributed by atoms with van der Waals surface area (Å²) in [4.78, 5) is 17.0. The summed E-state index contributed by atoms with van der Waals surface area (Å²) in [7, 11) is 0. The molecule has 3 aromatic rings. The molecule has 0 fully saturated rings. The lowest BCUT2D eigenvalue weighted by Gasteiger charge is -2.12. The number of para-hydroxylation sites is 1. The number of nitrogens with one attached hydrogen (secondary N) is 1. The predicted molar refractivity (Wildman–Crippen MR) is 107 cm³/mol. The summed E-state index contributed by atoms with van der Waals surface area (Å²) in [5.41, 5.74) is 3.04. The van der Waals surface area contributed by atoms with E-state index < -0.39 is 0 Å². The van der Waals surface area contributed by atoms with E-state index in [0.717, 1.165) is 11.1 Å². The number of anilines is 2. The minimum absolute atomic E-state index is 0.0999. The van der Waals surface area contributed by atoms with Crippen LogP contribution in [0.1, 0.15) is 16.0 Å². The maximum Gasteiger partial charge on any atom is 0.231 e. The second-order valence-electron chi connectivity index (χ2n) is 5.65. The van der Waals surface area contributed by atoms with Crippen molar-refractivity contribution in [3.63, 3.8) is 0 Å². The predicted octanol–water partition coefficient (Wildman–Crippen LogP) is 5.38. The van der Waals surface area contributed by atoms with Crippen LogP contribution in [0.15, 0.2) is 54.6 Å². The minimum Gasteiger partial charge on any atom is -0.492 e. The number of carbonyl (C=O) groups is 1. The Kier molecular flexibility index (Phi) is 4.32. The van der Waals surface area contributed by atoms with Gasteiger partial charge in [0.05, 0.1) is 15.6 Å². The van der Waals surface area contributed by atoms with Crippen molar-refractivity contribution in [3.8, 4) is 5.88 Å². The maximum absolute atomic E-state index is 12.3. The van der Waals surface area contributed by atoms with Gasteiger partial charge in [-0.1, -0.05) is 65.4 Å². The number of allylic oxidation sites excluding steroid dienone is 2. The second-order valence-corrected chi connectivity index (χ2v) is 7.09. The topological polar surface area (TPSA) is 62.2 Å². The number of hydrogen-bond donors (Lipinski definition) is 2. The number of nitrogens with zero attached hydrogens (tertiary/aromatic N) is 1. The molecule has 2 aromatic carbocycles. The maximum atomic E-state index is 12.3. The van der Waals surface area contributed by atoms with E-state index in [-0.39, 0.29) is 11.7 Å². The summed E-state index contributed by atoms with van der Waals surface area (Å²) in [6, 6.07) is 14.9. The van der Waals surface area contributed by atoms with Crippen molar-refractivity contribution in [3.05, 3.63) is 75.6 Å². The molecule has 1 aliphatic rings. The fraction of sp³-hybridized carbons (Fsp3) is 0.